The van der Waals surface area contributed by atoms with E-state index in [1.807, 2.05) is 32.9 Å². The molecule has 0 fully saturated rings. The van der Waals surface area contributed by atoms with Crippen LogP contribution in [-0.2, 0) is 14.8 Å². The summed E-state index contributed by atoms with van der Waals surface area (Å²) in [6.07, 6.45) is 0. The molecule has 0 aliphatic heterocycles. The molecule has 3 aromatic carbocycles. The van der Waals surface area contributed by atoms with Gasteiger partial charge in [0.05, 0.1) is 17.2 Å². The number of ether oxygens (including phenoxy) is 2. The van der Waals surface area contributed by atoms with Gasteiger partial charge in [-0.15, -0.1) is 0 Å². The second kappa shape index (κ2) is 10.1. The molecule has 0 bridgehead atoms. The molecule has 6 nitrogen and oxygen atoms in total. The van der Waals surface area contributed by atoms with E-state index in [1.54, 1.807) is 18.2 Å². The van der Waals surface area contributed by atoms with E-state index in [-0.39, 0.29) is 10.6 Å². The molecule has 3 rings (SSSR count). The Kier molecular flexibility index (Phi) is 7.43. The lowest BCUT2D eigenvalue weighted by Gasteiger charge is -2.23. The van der Waals surface area contributed by atoms with Crippen LogP contribution in [0, 0.1) is 13.8 Å². The highest BCUT2D eigenvalue weighted by Crippen LogP contribution is 2.28. The van der Waals surface area contributed by atoms with E-state index >= 15 is 0 Å². The van der Waals surface area contributed by atoms with Gasteiger partial charge >= 0.3 is 0 Å². The summed E-state index contributed by atoms with van der Waals surface area (Å²) in [6.45, 7) is 5.67. The minimum Gasteiger partial charge on any atom is -0.494 e. The van der Waals surface area contributed by atoms with Crippen molar-refractivity contribution >= 4 is 33.2 Å². The number of hydrogen-bond acceptors (Lipinski definition) is 5. The van der Waals surface area contributed by atoms with Crippen LogP contribution < -0.4 is 13.8 Å². The van der Waals surface area contributed by atoms with Crippen LogP contribution in [0.25, 0.3) is 0 Å². The third kappa shape index (κ3) is 5.23. The first-order valence-electron chi connectivity index (χ1n) is 9.99. The largest absolute Gasteiger partial charge is 0.494 e. The molecule has 0 spiro atoms. The molecular formula is C24H24ClNO5S. The second-order valence-corrected chi connectivity index (χ2v) is 9.25. The maximum atomic E-state index is 13.4. The molecule has 0 heterocycles. The molecule has 0 aliphatic rings. The Hall–Kier alpha value is -3.03. The Morgan fingerprint density at radius 1 is 0.938 bits per heavy atom. The highest BCUT2D eigenvalue weighted by molar-refractivity contribution is 7.93. The lowest BCUT2D eigenvalue weighted by Crippen LogP contribution is -2.40. The number of sulfonamides is 1. The molecule has 0 aromatic heterocycles. The molecule has 168 valence electrons. The van der Waals surface area contributed by atoms with Gasteiger partial charge in [0.25, 0.3) is 15.9 Å². The van der Waals surface area contributed by atoms with Crippen LogP contribution >= 0.6 is 11.6 Å². The highest BCUT2D eigenvalue weighted by atomic mass is 35.5. The first-order valence-corrected chi connectivity index (χ1v) is 11.8. The zero-order valence-electron chi connectivity index (χ0n) is 18.0. The average Bonchev–Trinajstić information content (AvgIpc) is 2.76. The van der Waals surface area contributed by atoms with Gasteiger partial charge < -0.3 is 9.47 Å². The number of carbonyl (C=O) groups is 1. The Balaban J connectivity index is 1.96. The molecule has 0 unspecified atom stereocenters. The fourth-order valence-electron chi connectivity index (χ4n) is 3.05. The molecule has 0 saturated carbocycles. The molecule has 0 radical (unpaired) electrons. The fourth-order valence-corrected chi connectivity index (χ4v) is 4.59. The van der Waals surface area contributed by atoms with E-state index in [9.17, 15) is 13.2 Å². The number of halogens is 1. The van der Waals surface area contributed by atoms with Gasteiger partial charge in [0.15, 0.2) is 6.61 Å². The number of rotatable bonds is 8. The maximum Gasteiger partial charge on any atom is 0.278 e. The second-order valence-electron chi connectivity index (χ2n) is 7.03. The molecule has 0 N–H and O–H groups in total. The van der Waals surface area contributed by atoms with Crippen LogP contribution in [0.3, 0.4) is 0 Å². The zero-order valence-corrected chi connectivity index (χ0v) is 19.6. The summed E-state index contributed by atoms with van der Waals surface area (Å²) < 4.78 is 38.7. The van der Waals surface area contributed by atoms with Crippen molar-refractivity contribution in [2.45, 2.75) is 25.7 Å². The minimum absolute atomic E-state index is 0.0594. The van der Waals surface area contributed by atoms with Gasteiger partial charge in [0.2, 0.25) is 0 Å². The smallest absolute Gasteiger partial charge is 0.278 e. The summed E-state index contributed by atoms with van der Waals surface area (Å²) in [5.41, 5.74) is 2.07. The van der Waals surface area contributed by atoms with E-state index < -0.39 is 22.5 Å². The van der Waals surface area contributed by atoms with Gasteiger partial charge in [0.1, 0.15) is 11.5 Å². The van der Waals surface area contributed by atoms with Gasteiger partial charge in [-0.1, -0.05) is 23.7 Å². The minimum atomic E-state index is -4.21. The van der Waals surface area contributed by atoms with Gasteiger partial charge in [-0.25, -0.2) is 8.42 Å². The maximum absolute atomic E-state index is 13.4. The quantitative estimate of drug-likeness (QED) is 0.452. The number of anilines is 1. The molecule has 8 heteroatoms. The molecular weight excluding hydrogens is 450 g/mol. The SMILES string of the molecule is CCOc1ccc(N(C(=O)COc2cccc(C)c2C)S(=O)(=O)c2ccc(Cl)cc2)cc1. The Bertz CT molecular complexity index is 1190. The van der Waals surface area contributed by atoms with Crippen molar-refractivity contribution in [2.75, 3.05) is 17.5 Å². The number of nitrogens with zero attached hydrogens (tertiary/aromatic N) is 1. The van der Waals surface area contributed by atoms with E-state index in [4.69, 9.17) is 21.1 Å². The first kappa shape index (κ1) is 23.6. The molecule has 0 saturated heterocycles. The van der Waals surface area contributed by atoms with Crippen LogP contribution in [-0.4, -0.2) is 27.5 Å². The summed E-state index contributed by atoms with van der Waals surface area (Å²) in [5.74, 6) is 0.359. The van der Waals surface area contributed by atoms with Crippen LogP contribution in [0.4, 0.5) is 5.69 Å². The van der Waals surface area contributed by atoms with E-state index in [0.29, 0.717) is 23.1 Å². The van der Waals surface area contributed by atoms with E-state index in [0.717, 1.165) is 15.4 Å². The topological polar surface area (TPSA) is 72.9 Å². The van der Waals surface area contributed by atoms with Crippen LogP contribution in [0.15, 0.2) is 71.6 Å². The lowest BCUT2D eigenvalue weighted by atomic mass is 10.1. The Morgan fingerprint density at radius 2 is 1.59 bits per heavy atom. The summed E-state index contributed by atoms with van der Waals surface area (Å²) in [6, 6.07) is 17.4. The van der Waals surface area contributed by atoms with Gasteiger partial charge in [-0.3, -0.25) is 4.79 Å². The first-order chi connectivity index (χ1) is 15.2. The van der Waals surface area contributed by atoms with Crippen LogP contribution in [0.5, 0.6) is 11.5 Å². The fraction of sp³-hybridized carbons (Fsp3) is 0.208. The van der Waals surface area contributed by atoms with Crippen molar-refractivity contribution in [3.05, 3.63) is 82.9 Å². The zero-order chi connectivity index (χ0) is 23.3. The van der Waals surface area contributed by atoms with Gasteiger partial charge in [0, 0.05) is 5.02 Å². The van der Waals surface area contributed by atoms with Crippen molar-refractivity contribution in [2.24, 2.45) is 0 Å². The van der Waals surface area contributed by atoms with Crippen LogP contribution in [0.2, 0.25) is 5.02 Å². The molecule has 32 heavy (non-hydrogen) atoms. The summed E-state index contributed by atoms with van der Waals surface area (Å²) >= 11 is 5.90. The number of carbonyl (C=O) groups excluding carboxylic acids is 1. The van der Waals surface area contributed by atoms with Crippen molar-refractivity contribution < 1.29 is 22.7 Å². The van der Waals surface area contributed by atoms with Crippen molar-refractivity contribution in [1.82, 2.24) is 0 Å². The molecule has 1 amide bonds. The number of benzene rings is 3. The van der Waals surface area contributed by atoms with Crippen LogP contribution in [0.1, 0.15) is 18.1 Å². The number of aryl methyl sites for hydroxylation is 1. The van der Waals surface area contributed by atoms with Crippen molar-refractivity contribution in [1.29, 1.82) is 0 Å². The molecule has 0 atom stereocenters. The van der Waals surface area contributed by atoms with Crippen molar-refractivity contribution in [3.63, 3.8) is 0 Å². The lowest BCUT2D eigenvalue weighted by molar-refractivity contribution is -0.119. The van der Waals surface area contributed by atoms with E-state index in [1.165, 1.54) is 36.4 Å². The normalized spacial score (nSPS) is 11.1. The highest BCUT2D eigenvalue weighted by Gasteiger charge is 2.31. The standard InChI is InChI=1S/C24H24ClNO5S/c1-4-30-21-12-10-20(11-13-21)26(32(28,29)22-14-8-19(25)9-15-22)24(27)16-31-23-7-5-6-17(2)18(23)3/h5-15H,4,16H2,1-3H3. The number of hydrogen-bond donors (Lipinski definition) is 0. The van der Waals surface area contributed by atoms with E-state index in [2.05, 4.69) is 0 Å². The van der Waals surface area contributed by atoms with Gasteiger partial charge in [-0.2, -0.15) is 4.31 Å². The summed E-state index contributed by atoms with van der Waals surface area (Å²) in [7, 11) is -4.21. The summed E-state index contributed by atoms with van der Waals surface area (Å²) in [5, 5.41) is 0.390. The van der Waals surface area contributed by atoms with Crippen molar-refractivity contribution in [3.8, 4) is 11.5 Å². The predicted octanol–water partition coefficient (Wildman–Crippen LogP) is 5.16. The third-order valence-corrected chi connectivity index (χ3v) is 6.88. The summed E-state index contributed by atoms with van der Waals surface area (Å²) in [4.78, 5) is 13.1. The third-order valence-electron chi connectivity index (χ3n) is 4.87. The predicted molar refractivity (Wildman–Crippen MR) is 125 cm³/mol. The Morgan fingerprint density at radius 3 is 2.22 bits per heavy atom. The Labute approximate surface area is 193 Å². The molecule has 3 aromatic rings. The number of amides is 1. The van der Waals surface area contributed by atoms with Gasteiger partial charge in [-0.05, 0) is 86.5 Å². The monoisotopic (exact) mass is 473 g/mol. The molecule has 0 aliphatic carbocycles. The average molecular weight is 474 g/mol.